The average molecular weight is 551 g/mol. The molecule has 1 atom stereocenters. The van der Waals surface area contributed by atoms with E-state index < -0.39 is 5.60 Å². The van der Waals surface area contributed by atoms with Crippen molar-refractivity contribution in [1.29, 1.82) is 0 Å². The fraction of sp³-hybridized carbons (Fsp3) is 0.484. The molecule has 0 aliphatic carbocycles. The predicted molar refractivity (Wildman–Crippen MR) is 154 cm³/mol. The van der Waals surface area contributed by atoms with Gasteiger partial charge in [0.25, 0.3) is 0 Å². The zero-order valence-electron chi connectivity index (χ0n) is 24.4. The first kappa shape index (κ1) is 29.4. The first-order valence-electron chi connectivity index (χ1n) is 13.9. The lowest BCUT2D eigenvalue weighted by atomic mass is 10.0. The van der Waals surface area contributed by atoms with E-state index in [9.17, 15) is 9.90 Å². The monoisotopic (exact) mass is 550 g/mol. The second-order valence-electron chi connectivity index (χ2n) is 10.6. The van der Waals surface area contributed by atoms with Gasteiger partial charge >= 0.3 is 0 Å². The van der Waals surface area contributed by atoms with Gasteiger partial charge in [0.1, 0.15) is 30.4 Å². The number of imidazole rings is 1. The van der Waals surface area contributed by atoms with E-state index in [-0.39, 0.29) is 19.1 Å². The molecule has 2 aromatic carbocycles. The maximum Gasteiger partial charge on any atom is 0.219 e. The molecule has 1 N–H and O–H groups in total. The molecule has 1 aromatic heterocycles. The quantitative estimate of drug-likeness (QED) is 0.390. The summed E-state index contributed by atoms with van der Waals surface area (Å²) in [6, 6.07) is 11.8. The normalized spacial score (nSPS) is 17.9. The van der Waals surface area contributed by atoms with Crippen LogP contribution >= 0.6 is 0 Å². The molecule has 0 unspecified atom stereocenters. The van der Waals surface area contributed by atoms with Crippen molar-refractivity contribution in [2.24, 2.45) is 0 Å². The number of hydrogen-bond acceptors (Lipinski definition) is 7. The summed E-state index contributed by atoms with van der Waals surface area (Å²) in [6.07, 6.45) is 4.65. The number of aliphatic hydroxyl groups is 1. The molecule has 0 saturated carbocycles. The van der Waals surface area contributed by atoms with Crippen LogP contribution in [0.4, 0.5) is 0 Å². The zero-order chi connectivity index (χ0) is 28.7. The van der Waals surface area contributed by atoms with Crippen molar-refractivity contribution in [2.75, 3.05) is 46.5 Å². The Bertz CT molecular complexity index is 1290. The maximum atomic E-state index is 12.3. The molecule has 4 rings (SSSR count). The number of β-amino-alcohol motifs (C(OH)–C–C–N with tert-alkyl or cyclic N) is 1. The van der Waals surface area contributed by atoms with Crippen LogP contribution < -0.4 is 14.2 Å². The molecular formula is C31H42N4O5. The Kier molecular flexibility index (Phi) is 9.71. The Labute approximate surface area is 237 Å². The Balaban J connectivity index is 1.42. The maximum absolute atomic E-state index is 12.3. The number of hydrogen-bond donors (Lipinski definition) is 1. The van der Waals surface area contributed by atoms with Crippen molar-refractivity contribution in [1.82, 2.24) is 19.4 Å². The summed E-state index contributed by atoms with van der Waals surface area (Å²) in [5.41, 5.74) is 2.12. The van der Waals surface area contributed by atoms with E-state index in [4.69, 9.17) is 14.2 Å². The number of aromatic nitrogens is 2. The second-order valence-corrected chi connectivity index (χ2v) is 10.6. The summed E-state index contributed by atoms with van der Waals surface area (Å²) < 4.78 is 19.8. The van der Waals surface area contributed by atoms with Crippen LogP contribution in [0.5, 0.6) is 17.2 Å². The van der Waals surface area contributed by atoms with Gasteiger partial charge in [-0.2, -0.15) is 0 Å². The van der Waals surface area contributed by atoms with Crippen molar-refractivity contribution in [2.45, 2.75) is 52.8 Å². The Morgan fingerprint density at radius 1 is 1.05 bits per heavy atom. The molecule has 1 fully saturated rings. The molecule has 9 heteroatoms. The highest BCUT2D eigenvalue weighted by Gasteiger charge is 2.37. The highest BCUT2D eigenvalue weighted by molar-refractivity contribution is 5.73. The van der Waals surface area contributed by atoms with Crippen LogP contribution in [0.25, 0.3) is 0 Å². The highest BCUT2D eigenvalue weighted by Crippen LogP contribution is 2.29. The largest absolute Gasteiger partial charge is 0.493 e. The van der Waals surface area contributed by atoms with E-state index in [0.717, 1.165) is 23.4 Å². The van der Waals surface area contributed by atoms with Crippen LogP contribution in [0.1, 0.15) is 36.4 Å². The smallest absolute Gasteiger partial charge is 0.219 e. The third-order valence-corrected chi connectivity index (χ3v) is 7.46. The number of rotatable bonds is 11. The highest BCUT2D eigenvalue weighted by atomic mass is 16.5. The van der Waals surface area contributed by atoms with Crippen LogP contribution in [0, 0.1) is 13.8 Å². The first-order chi connectivity index (χ1) is 19.2. The molecule has 9 nitrogen and oxygen atoms in total. The fourth-order valence-electron chi connectivity index (χ4n) is 5.06. The SMILES string of the molecule is CCc1nccn1CCOc1ccc(CN2CCN(C(C)=O)C[C@@](O)(COc3ccc(C)c(C)c3)C2)cc1OC. The summed E-state index contributed by atoms with van der Waals surface area (Å²) in [4.78, 5) is 20.5. The van der Waals surface area contributed by atoms with Crippen molar-refractivity contribution < 1.29 is 24.1 Å². The average Bonchev–Trinajstić information content (AvgIpc) is 3.32. The van der Waals surface area contributed by atoms with Crippen LogP contribution in [0.3, 0.4) is 0 Å². The summed E-state index contributed by atoms with van der Waals surface area (Å²) in [6.45, 7) is 11.4. The van der Waals surface area contributed by atoms with Gasteiger partial charge in [-0.15, -0.1) is 0 Å². The van der Waals surface area contributed by atoms with Crippen molar-refractivity contribution in [3.05, 3.63) is 71.3 Å². The number of benzene rings is 2. The molecule has 1 aliphatic heterocycles. The van der Waals surface area contributed by atoms with Gasteiger partial charge in [-0.1, -0.05) is 19.1 Å². The van der Waals surface area contributed by atoms with Crippen LogP contribution in [-0.4, -0.2) is 82.5 Å². The van der Waals surface area contributed by atoms with Crippen LogP contribution in [0.15, 0.2) is 48.8 Å². The summed E-state index contributed by atoms with van der Waals surface area (Å²) in [7, 11) is 1.64. The lowest BCUT2D eigenvalue weighted by Crippen LogP contribution is -2.51. The molecule has 3 aromatic rings. The van der Waals surface area contributed by atoms with Gasteiger partial charge in [0, 0.05) is 51.9 Å². The topological polar surface area (TPSA) is 89.3 Å². The molecule has 1 aliphatic rings. The Morgan fingerprint density at radius 3 is 2.60 bits per heavy atom. The Morgan fingerprint density at radius 2 is 1.88 bits per heavy atom. The summed E-state index contributed by atoms with van der Waals surface area (Å²) in [5.74, 6) is 3.03. The number of aryl methyl sites for hydroxylation is 3. The number of ether oxygens (including phenoxy) is 3. The predicted octanol–water partition coefficient (Wildman–Crippen LogP) is 3.62. The van der Waals surface area contributed by atoms with E-state index >= 15 is 0 Å². The van der Waals surface area contributed by atoms with Gasteiger partial charge in [0.15, 0.2) is 11.5 Å². The molecule has 0 spiro atoms. The molecule has 0 radical (unpaired) electrons. The van der Waals surface area contributed by atoms with Gasteiger partial charge < -0.3 is 28.8 Å². The van der Waals surface area contributed by atoms with Crippen LogP contribution in [0.2, 0.25) is 0 Å². The lowest BCUT2D eigenvalue weighted by molar-refractivity contribution is -0.132. The number of nitrogens with zero attached hydrogens (tertiary/aromatic N) is 4. The molecule has 1 amide bonds. The minimum absolute atomic E-state index is 0.0589. The summed E-state index contributed by atoms with van der Waals surface area (Å²) >= 11 is 0. The van der Waals surface area contributed by atoms with Gasteiger partial charge in [-0.3, -0.25) is 9.69 Å². The van der Waals surface area contributed by atoms with E-state index in [1.165, 1.54) is 5.56 Å². The standard InChI is InChI=1S/C31H42N4O5/c1-6-30-32-11-12-34(30)15-16-39-28-10-8-26(18-29(28)38-5)19-33-13-14-35(25(4)36)21-31(37,20-33)22-40-27-9-7-23(2)24(3)17-27/h7-12,17-18,37H,6,13-16,19-22H2,1-5H3/t31-/m1/s1. The number of carbonyl (C=O) groups is 1. The van der Waals surface area contributed by atoms with E-state index in [0.29, 0.717) is 56.6 Å². The zero-order valence-corrected chi connectivity index (χ0v) is 24.4. The fourth-order valence-corrected chi connectivity index (χ4v) is 5.06. The molecule has 0 bridgehead atoms. The number of carbonyl (C=O) groups excluding carboxylic acids is 1. The molecule has 40 heavy (non-hydrogen) atoms. The minimum Gasteiger partial charge on any atom is -0.493 e. The first-order valence-corrected chi connectivity index (χ1v) is 13.9. The van der Waals surface area contributed by atoms with Gasteiger partial charge in [0.05, 0.1) is 20.2 Å². The van der Waals surface area contributed by atoms with Crippen molar-refractivity contribution in [3.8, 4) is 17.2 Å². The van der Waals surface area contributed by atoms with E-state index in [1.807, 2.05) is 55.7 Å². The molecule has 1 saturated heterocycles. The van der Waals surface area contributed by atoms with Gasteiger partial charge in [-0.05, 0) is 54.8 Å². The lowest BCUT2D eigenvalue weighted by Gasteiger charge is -2.33. The van der Waals surface area contributed by atoms with E-state index in [2.05, 4.69) is 28.3 Å². The van der Waals surface area contributed by atoms with Crippen molar-refractivity contribution in [3.63, 3.8) is 0 Å². The molecular weight excluding hydrogens is 508 g/mol. The third kappa shape index (κ3) is 7.55. The van der Waals surface area contributed by atoms with Gasteiger partial charge in [0.2, 0.25) is 5.91 Å². The number of methoxy groups -OCH3 is 1. The molecule has 2 heterocycles. The van der Waals surface area contributed by atoms with Crippen molar-refractivity contribution >= 4 is 5.91 Å². The molecule has 216 valence electrons. The minimum atomic E-state index is -1.22. The van der Waals surface area contributed by atoms with Gasteiger partial charge in [-0.25, -0.2) is 4.98 Å². The summed E-state index contributed by atoms with van der Waals surface area (Å²) in [5, 5.41) is 11.7. The van der Waals surface area contributed by atoms with Crippen LogP contribution in [-0.2, 0) is 24.3 Å². The second kappa shape index (κ2) is 13.2. The third-order valence-electron chi connectivity index (χ3n) is 7.46. The van der Waals surface area contributed by atoms with E-state index in [1.54, 1.807) is 18.9 Å². The Hall–Kier alpha value is -3.56. The number of amides is 1.